The smallest absolute Gasteiger partial charge is 0.416 e. The molecule has 3 aromatic heterocycles. The van der Waals surface area contributed by atoms with Crippen molar-refractivity contribution < 1.29 is 57.1 Å². The molecule has 0 bridgehead atoms. The molecule has 0 aliphatic carbocycles. The molecule has 0 radical (unpaired) electrons. The molecule has 0 atom stereocenters. The van der Waals surface area contributed by atoms with Gasteiger partial charge in [0.15, 0.2) is 17.5 Å². The quantitative estimate of drug-likeness (QED) is 0.149. The Morgan fingerprint density at radius 3 is 1.18 bits per heavy atom. The topological polar surface area (TPSA) is 56.7 Å². The third-order valence-corrected chi connectivity index (χ3v) is 13.5. The van der Waals surface area contributed by atoms with Gasteiger partial charge < -0.3 is 8.98 Å². The van der Waals surface area contributed by atoms with Gasteiger partial charge in [-0.05, 0) is 112 Å². The van der Waals surface area contributed by atoms with E-state index in [1.807, 2.05) is 54.6 Å². The molecule has 0 aliphatic heterocycles. The van der Waals surface area contributed by atoms with E-state index in [2.05, 4.69) is 0 Å². The molecule has 9 aromatic carbocycles. The summed E-state index contributed by atoms with van der Waals surface area (Å²) in [6.07, 6.45) is -20.7. The van der Waals surface area contributed by atoms with Crippen LogP contribution in [0.2, 0.25) is 0 Å². The average molecular weight is 1060 g/mol. The van der Waals surface area contributed by atoms with Gasteiger partial charge in [-0.2, -0.15) is 52.7 Å². The minimum Gasteiger partial charge on any atom is -0.456 e. The van der Waals surface area contributed by atoms with Crippen LogP contribution in [-0.4, -0.2) is 19.5 Å². The van der Waals surface area contributed by atoms with Crippen molar-refractivity contribution in [3.8, 4) is 73.2 Å². The maximum absolute atomic E-state index is 14.3. The van der Waals surface area contributed by atoms with Crippen molar-refractivity contribution in [1.82, 2.24) is 19.5 Å². The molecule has 386 valence electrons. The van der Waals surface area contributed by atoms with Gasteiger partial charge >= 0.3 is 24.7 Å². The Bertz CT molecular complexity index is 4070. The Hall–Kier alpha value is -9.25. The Kier molecular flexibility index (Phi) is 11.6. The summed E-state index contributed by atoms with van der Waals surface area (Å²) in [5, 5.41) is 2.36. The molecule has 78 heavy (non-hydrogen) atoms. The van der Waals surface area contributed by atoms with Crippen LogP contribution in [0.5, 0.6) is 0 Å². The standard InChI is InChI=1S/C61H32F12N4O/c62-58(63,64)41-23-39(24-42(31-41)59(65,66)67)37-15-19-45-46-20-16-38(40-25-43(60(68,69)70)32-44(26-40)61(71,72)73)30-52(46)77(51(45)29-37)50-21-17-35(36-18-22-54-48(27-36)47-13-7-8-14-53(47)78-54)28-49(50)57-75-55(33-9-3-1-4-10-33)74-56(76-57)34-11-5-2-6-12-34/h1-32H. The number of benzene rings is 9. The summed E-state index contributed by atoms with van der Waals surface area (Å²) < 4.78 is 180. The van der Waals surface area contributed by atoms with E-state index in [0.29, 0.717) is 68.5 Å². The summed E-state index contributed by atoms with van der Waals surface area (Å²) in [6.45, 7) is 0. The SMILES string of the molecule is FC(F)(F)c1cc(-c2ccc3c4ccc(-c5cc(C(F)(F)F)cc(C(F)(F)F)c5)cc4n(-c4ccc(-c5ccc6oc7ccccc7c6c5)cc4-c4nc(-c5ccccc5)nc(-c5ccccc5)n4)c3c2)cc(C(F)(F)F)c1. The summed E-state index contributed by atoms with van der Waals surface area (Å²) >= 11 is 0. The number of para-hydroxylation sites is 1. The van der Waals surface area contributed by atoms with E-state index >= 15 is 0 Å². The monoisotopic (exact) mass is 1060 g/mol. The molecule has 0 spiro atoms. The minimum absolute atomic E-state index is 0.0151. The third-order valence-electron chi connectivity index (χ3n) is 13.5. The molecule has 3 heterocycles. The Balaban J connectivity index is 1.19. The van der Waals surface area contributed by atoms with E-state index in [1.54, 1.807) is 71.3 Å². The molecule has 0 amide bonds. The van der Waals surface area contributed by atoms with Gasteiger partial charge in [0.1, 0.15) is 11.2 Å². The van der Waals surface area contributed by atoms with Crippen molar-refractivity contribution in [3.05, 3.63) is 216 Å². The second kappa shape index (κ2) is 18.2. The first-order valence-corrected chi connectivity index (χ1v) is 23.8. The normalized spacial score (nSPS) is 12.6. The number of furan rings is 1. The molecular weight excluding hydrogens is 1030 g/mol. The molecule has 0 N–H and O–H groups in total. The molecule has 0 saturated heterocycles. The molecule has 17 heteroatoms. The largest absolute Gasteiger partial charge is 0.456 e. The van der Waals surface area contributed by atoms with Gasteiger partial charge in [-0.1, -0.05) is 115 Å². The molecular formula is C61H32F12N4O. The van der Waals surface area contributed by atoms with Crippen LogP contribution in [0.25, 0.3) is 117 Å². The predicted octanol–water partition coefficient (Wildman–Crippen LogP) is 18.9. The highest BCUT2D eigenvalue weighted by molar-refractivity contribution is 6.12. The molecule has 0 fully saturated rings. The average Bonchev–Trinajstić information content (AvgIpc) is 4.19. The van der Waals surface area contributed by atoms with Gasteiger partial charge in [0.2, 0.25) is 0 Å². The molecule has 12 rings (SSSR count). The van der Waals surface area contributed by atoms with Crippen LogP contribution in [0.4, 0.5) is 52.7 Å². The van der Waals surface area contributed by atoms with Crippen molar-refractivity contribution in [1.29, 1.82) is 0 Å². The minimum atomic E-state index is -5.19. The van der Waals surface area contributed by atoms with E-state index in [-0.39, 0.29) is 63.0 Å². The molecule has 0 saturated carbocycles. The van der Waals surface area contributed by atoms with Crippen LogP contribution in [0.1, 0.15) is 22.3 Å². The number of hydrogen-bond acceptors (Lipinski definition) is 4. The maximum Gasteiger partial charge on any atom is 0.416 e. The van der Waals surface area contributed by atoms with Crippen LogP contribution in [-0.2, 0) is 24.7 Å². The van der Waals surface area contributed by atoms with Crippen molar-refractivity contribution in [3.63, 3.8) is 0 Å². The lowest BCUT2D eigenvalue weighted by Gasteiger charge is -2.18. The van der Waals surface area contributed by atoms with Gasteiger partial charge in [0.25, 0.3) is 0 Å². The third kappa shape index (κ3) is 9.13. The summed E-state index contributed by atoms with van der Waals surface area (Å²) in [5.74, 6) is 0.560. The zero-order chi connectivity index (χ0) is 54.5. The van der Waals surface area contributed by atoms with Gasteiger partial charge in [0.05, 0.1) is 39.0 Å². The Morgan fingerprint density at radius 2 is 0.692 bits per heavy atom. The zero-order valence-corrected chi connectivity index (χ0v) is 39.7. The summed E-state index contributed by atoms with van der Waals surface area (Å²) in [7, 11) is 0. The van der Waals surface area contributed by atoms with E-state index in [4.69, 9.17) is 19.4 Å². The van der Waals surface area contributed by atoms with Crippen molar-refractivity contribution in [2.24, 2.45) is 0 Å². The van der Waals surface area contributed by atoms with Gasteiger partial charge in [-0.15, -0.1) is 0 Å². The lowest BCUT2D eigenvalue weighted by molar-refractivity contribution is -0.144. The number of fused-ring (bicyclic) bond motifs is 6. The van der Waals surface area contributed by atoms with Crippen LogP contribution >= 0.6 is 0 Å². The van der Waals surface area contributed by atoms with Gasteiger partial charge in [-0.3, -0.25) is 0 Å². The number of nitrogens with zero attached hydrogens (tertiary/aromatic N) is 4. The first-order valence-electron chi connectivity index (χ1n) is 23.8. The lowest BCUT2D eigenvalue weighted by atomic mass is 9.97. The van der Waals surface area contributed by atoms with Crippen molar-refractivity contribution >= 4 is 43.7 Å². The van der Waals surface area contributed by atoms with Gasteiger partial charge in [0, 0.05) is 38.2 Å². The van der Waals surface area contributed by atoms with Crippen LogP contribution in [0.15, 0.2) is 199 Å². The lowest BCUT2D eigenvalue weighted by Crippen LogP contribution is -2.11. The predicted molar refractivity (Wildman–Crippen MR) is 274 cm³/mol. The van der Waals surface area contributed by atoms with E-state index in [9.17, 15) is 52.7 Å². The first kappa shape index (κ1) is 49.6. The fraction of sp³-hybridized carbons (Fsp3) is 0.0656. The van der Waals surface area contributed by atoms with Gasteiger partial charge in [-0.25, -0.2) is 15.0 Å². The maximum atomic E-state index is 14.3. The summed E-state index contributed by atoms with van der Waals surface area (Å²) in [6, 6.07) is 47.0. The number of halogens is 12. The second-order valence-electron chi connectivity index (χ2n) is 18.5. The van der Waals surface area contributed by atoms with E-state index in [0.717, 1.165) is 10.8 Å². The van der Waals surface area contributed by atoms with E-state index in [1.165, 1.54) is 36.4 Å². The summed E-state index contributed by atoms with van der Waals surface area (Å²) in [5.41, 5.74) is -2.69. The van der Waals surface area contributed by atoms with Crippen LogP contribution in [0.3, 0.4) is 0 Å². The fourth-order valence-electron chi connectivity index (χ4n) is 9.80. The second-order valence-corrected chi connectivity index (χ2v) is 18.5. The molecule has 0 aliphatic rings. The Labute approximate surface area is 433 Å². The Morgan fingerprint density at radius 1 is 0.295 bits per heavy atom. The highest BCUT2D eigenvalue weighted by Crippen LogP contribution is 2.45. The highest BCUT2D eigenvalue weighted by atomic mass is 19.4. The van der Waals surface area contributed by atoms with Crippen LogP contribution in [0, 0.1) is 0 Å². The fourth-order valence-corrected chi connectivity index (χ4v) is 9.80. The number of alkyl halides is 12. The highest BCUT2D eigenvalue weighted by Gasteiger charge is 2.39. The van der Waals surface area contributed by atoms with Crippen molar-refractivity contribution in [2.75, 3.05) is 0 Å². The summed E-state index contributed by atoms with van der Waals surface area (Å²) in [4.78, 5) is 14.9. The number of rotatable bonds is 7. The van der Waals surface area contributed by atoms with Crippen LogP contribution < -0.4 is 0 Å². The number of hydrogen-bond donors (Lipinski definition) is 0. The molecule has 12 aromatic rings. The van der Waals surface area contributed by atoms with Crippen molar-refractivity contribution in [2.45, 2.75) is 24.7 Å². The zero-order valence-electron chi connectivity index (χ0n) is 39.7. The first-order chi connectivity index (χ1) is 37.1. The molecule has 5 nitrogen and oxygen atoms in total. The number of aromatic nitrogens is 4. The van der Waals surface area contributed by atoms with E-state index < -0.39 is 58.1 Å². The molecule has 0 unspecified atom stereocenters.